The zero-order chi connectivity index (χ0) is 16.7. The summed E-state index contributed by atoms with van der Waals surface area (Å²) in [5, 5.41) is 2.65. The average Bonchev–Trinajstić information content (AvgIpc) is 2.47. The van der Waals surface area contributed by atoms with Crippen LogP contribution in [-0.4, -0.2) is 36.9 Å². The molecule has 0 radical (unpaired) electrons. The molecule has 0 bridgehead atoms. The van der Waals surface area contributed by atoms with Gasteiger partial charge < -0.3 is 15.8 Å². The number of carbonyl (C=O) groups is 3. The van der Waals surface area contributed by atoms with E-state index in [1.54, 1.807) is 0 Å². The third-order valence-electron chi connectivity index (χ3n) is 4.07. The highest BCUT2D eigenvalue weighted by molar-refractivity contribution is 5.88. The minimum absolute atomic E-state index is 0.167. The normalized spacial score (nSPS) is 21.3. The molecule has 1 rings (SSSR count). The largest absolute Gasteiger partial charge is 0.467 e. The molecule has 1 aliphatic rings. The smallest absolute Gasteiger partial charge is 0.328 e. The quantitative estimate of drug-likeness (QED) is 0.688. The molecule has 1 saturated carbocycles. The van der Waals surface area contributed by atoms with Crippen LogP contribution in [0.15, 0.2) is 0 Å². The van der Waals surface area contributed by atoms with Gasteiger partial charge in [-0.2, -0.15) is 0 Å². The van der Waals surface area contributed by atoms with Crippen molar-refractivity contribution in [1.82, 2.24) is 5.32 Å². The third-order valence-corrected chi connectivity index (χ3v) is 4.07. The van der Waals surface area contributed by atoms with E-state index < -0.39 is 18.1 Å². The van der Waals surface area contributed by atoms with Gasteiger partial charge in [-0.05, 0) is 31.6 Å². The van der Waals surface area contributed by atoms with Gasteiger partial charge >= 0.3 is 5.97 Å². The van der Waals surface area contributed by atoms with Crippen LogP contribution in [0.4, 0.5) is 0 Å². The summed E-state index contributed by atoms with van der Waals surface area (Å²) in [5.74, 6) is -0.617. The van der Waals surface area contributed by atoms with Crippen molar-refractivity contribution in [2.24, 2.45) is 17.6 Å². The fourth-order valence-corrected chi connectivity index (χ4v) is 2.84. The zero-order valence-electron chi connectivity index (χ0n) is 13.8. The Morgan fingerprint density at radius 1 is 1.36 bits per heavy atom. The summed E-state index contributed by atoms with van der Waals surface area (Å²) in [7, 11) is 1.28. The molecule has 0 aliphatic heterocycles. The number of hydrogen-bond acceptors (Lipinski definition) is 5. The van der Waals surface area contributed by atoms with Gasteiger partial charge in [0.2, 0.25) is 5.91 Å². The number of methoxy groups -OCH3 is 1. The predicted molar refractivity (Wildman–Crippen MR) is 83.0 cm³/mol. The second-order valence-electron chi connectivity index (χ2n) is 6.47. The first kappa shape index (κ1) is 18.6. The van der Waals surface area contributed by atoms with Gasteiger partial charge in [-0.3, -0.25) is 9.59 Å². The Morgan fingerprint density at radius 2 is 2.05 bits per heavy atom. The summed E-state index contributed by atoms with van der Waals surface area (Å²) in [5.41, 5.74) is 5.84. The molecule has 1 aliphatic carbocycles. The van der Waals surface area contributed by atoms with Crippen molar-refractivity contribution in [2.45, 2.75) is 64.5 Å². The highest BCUT2D eigenvalue weighted by Gasteiger charge is 2.31. The molecule has 3 N–H and O–H groups in total. The Bertz CT molecular complexity index is 409. The number of Topliss-reactive ketones (excluding diaryl/α,β-unsaturated/α-hetero) is 1. The lowest BCUT2D eigenvalue weighted by Crippen LogP contribution is -2.50. The molecule has 6 heteroatoms. The van der Waals surface area contributed by atoms with Crippen LogP contribution in [-0.2, 0) is 19.1 Å². The molecule has 0 aromatic carbocycles. The summed E-state index contributed by atoms with van der Waals surface area (Å²) < 4.78 is 4.75. The maximum atomic E-state index is 12.1. The molecule has 0 aromatic rings. The maximum Gasteiger partial charge on any atom is 0.328 e. The van der Waals surface area contributed by atoms with Crippen LogP contribution < -0.4 is 11.1 Å². The number of carbonyl (C=O) groups excluding carboxylic acids is 3. The topological polar surface area (TPSA) is 98.5 Å². The molecule has 0 aromatic heterocycles. The van der Waals surface area contributed by atoms with E-state index in [1.807, 2.05) is 13.8 Å². The van der Waals surface area contributed by atoms with Gasteiger partial charge in [-0.15, -0.1) is 0 Å². The van der Waals surface area contributed by atoms with Crippen LogP contribution in [0.25, 0.3) is 0 Å². The van der Waals surface area contributed by atoms with E-state index in [-0.39, 0.29) is 23.5 Å². The van der Waals surface area contributed by atoms with Gasteiger partial charge in [-0.1, -0.05) is 20.3 Å². The van der Waals surface area contributed by atoms with Crippen LogP contribution in [0.5, 0.6) is 0 Å². The maximum absolute atomic E-state index is 12.1. The lowest BCUT2D eigenvalue weighted by molar-refractivity contribution is -0.146. The van der Waals surface area contributed by atoms with Gasteiger partial charge in [0.1, 0.15) is 11.8 Å². The highest BCUT2D eigenvalue weighted by atomic mass is 16.5. The molecule has 1 fully saturated rings. The van der Waals surface area contributed by atoms with Crippen LogP contribution in [0, 0.1) is 11.8 Å². The van der Waals surface area contributed by atoms with Gasteiger partial charge in [0.25, 0.3) is 0 Å². The van der Waals surface area contributed by atoms with E-state index in [1.165, 1.54) is 7.11 Å². The lowest BCUT2D eigenvalue weighted by atomic mass is 9.83. The Balaban J connectivity index is 2.66. The second-order valence-corrected chi connectivity index (χ2v) is 6.47. The van der Waals surface area contributed by atoms with Crippen LogP contribution in [0.3, 0.4) is 0 Å². The minimum Gasteiger partial charge on any atom is -0.467 e. The number of hydrogen-bond donors (Lipinski definition) is 2. The molecular weight excluding hydrogens is 284 g/mol. The van der Waals surface area contributed by atoms with E-state index in [2.05, 4.69) is 5.32 Å². The first-order valence-corrected chi connectivity index (χ1v) is 8.01. The molecule has 0 unspecified atom stereocenters. The summed E-state index contributed by atoms with van der Waals surface area (Å²) in [4.78, 5) is 35.9. The van der Waals surface area contributed by atoms with Crippen LogP contribution in [0.2, 0.25) is 0 Å². The summed E-state index contributed by atoms with van der Waals surface area (Å²) in [6, 6.07) is -1.46. The molecule has 6 nitrogen and oxygen atoms in total. The number of amides is 1. The molecule has 0 spiro atoms. The van der Waals surface area contributed by atoms with Gasteiger partial charge in [-0.25, -0.2) is 4.79 Å². The van der Waals surface area contributed by atoms with Crippen molar-refractivity contribution < 1.29 is 19.1 Å². The highest BCUT2D eigenvalue weighted by Crippen LogP contribution is 2.25. The number of nitrogens with one attached hydrogen (secondary N) is 1. The molecule has 126 valence electrons. The van der Waals surface area contributed by atoms with Gasteiger partial charge in [0, 0.05) is 12.3 Å². The van der Waals surface area contributed by atoms with Crippen molar-refractivity contribution in [3.8, 4) is 0 Å². The van der Waals surface area contributed by atoms with Crippen molar-refractivity contribution in [1.29, 1.82) is 0 Å². The molecular formula is C16H28N2O4. The molecule has 0 heterocycles. The summed E-state index contributed by atoms with van der Waals surface area (Å²) >= 11 is 0. The number of nitrogens with two attached hydrogens (primary N) is 1. The fourth-order valence-electron chi connectivity index (χ4n) is 2.84. The fraction of sp³-hybridized carbons (Fsp3) is 0.812. The standard InChI is InChI=1S/C16H28N2O4/c1-10(2)8-12(17)15(20)18-13(16(21)22-3)9-11-6-4-5-7-14(11)19/h10-13H,4-9,17H2,1-3H3,(H,18,20)/t11-,12-,13-/m0/s1. The summed E-state index contributed by atoms with van der Waals surface area (Å²) in [6.07, 6.45) is 4.04. The number of ether oxygens (including phenoxy) is 1. The number of ketones is 1. The average molecular weight is 312 g/mol. The van der Waals surface area contributed by atoms with E-state index in [0.29, 0.717) is 19.3 Å². The van der Waals surface area contributed by atoms with E-state index >= 15 is 0 Å². The first-order chi connectivity index (χ1) is 10.3. The van der Waals surface area contributed by atoms with Crippen LogP contribution >= 0.6 is 0 Å². The Kier molecular flexibility index (Phi) is 7.51. The summed E-state index contributed by atoms with van der Waals surface area (Å²) in [6.45, 7) is 3.96. The predicted octanol–water partition coefficient (Wildman–Crippen LogP) is 1.17. The lowest BCUT2D eigenvalue weighted by Gasteiger charge is -2.26. The van der Waals surface area contributed by atoms with Crippen molar-refractivity contribution in [3.63, 3.8) is 0 Å². The molecule has 0 saturated heterocycles. The van der Waals surface area contributed by atoms with E-state index in [0.717, 1.165) is 19.3 Å². The third kappa shape index (κ3) is 5.75. The van der Waals surface area contributed by atoms with Crippen LogP contribution in [0.1, 0.15) is 52.4 Å². The van der Waals surface area contributed by atoms with Crippen molar-refractivity contribution in [2.75, 3.05) is 7.11 Å². The number of rotatable bonds is 7. The molecule has 1 amide bonds. The number of esters is 1. The Hall–Kier alpha value is -1.43. The van der Waals surface area contributed by atoms with Gasteiger partial charge in [0.05, 0.1) is 13.2 Å². The molecule has 22 heavy (non-hydrogen) atoms. The SMILES string of the molecule is COC(=O)[C@H](C[C@@H]1CCCCC1=O)NC(=O)[C@@H](N)CC(C)C. The zero-order valence-corrected chi connectivity index (χ0v) is 13.8. The van der Waals surface area contributed by atoms with Crippen molar-refractivity contribution in [3.05, 3.63) is 0 Å². The first-order valence-electron chi connectivity index (χ1n) is 8.01. The van der Waals surface area contributed by atoms with Gasteiger partial charge in [0.15, 0.2) is 0 Å². The Labute approximate surface area is 132 Å². The monoisotopic (exact) mass is 312 g/mol. The van der Waals surface area contributed by atoms with Crippen molar-refractivity contribution >= 4 is 17.7 Å². The Morgan fingerprint density at radius 3 is 2.59 bits per heavy atom. The second kappa shape index (κ2) is 8.88. The minimum atomic E-state index is -0.803. The van der Waals surface area contributed by atoms with E-state index in [4.69, 9.17) is 10.5 Å². The molecule has 3 atom stereocenters. The van der Waals surface area contributed by atoms with E-state index in [9.17, 15) is 14.4 Å².